The average molecular weight is 370 g/mol. The summed E-state index contributed by atoms with van der Waals surface area (Å²) in [6.07, 6.45) is 1.21. The summed E-state index contributed by atoms with van der Waals surface area (Å²) in [4.78, 5) is 33.7. The molecule has 0 bridgehead atoms. The van der Waals surface area contributed by atoms with Crippen molar-refractivity contribution < 1.29 is 19.4 Å². The summed E-state index contributed by atoms with van der Waals surface area (Å²) < 4.78 is 4.69. The maximum Gasteiger partial charge on any atom is 0.337 e. The molecule has 142 valence electrons. The first-order valence-electron chi connectivity index (χ1n) is 8.75. The third-order valence-electron chi connectivity index (χ3n) is 4.57. The van der Waals surface area contributed by atoms with Gasteiger partial charge in [0.25, 0.3) is 0 Å². The second-order valence-electron chi connectivity index (χ2n) is 6.48. The Hall–Kier alpha value is -3.16. The number of benzene rings is 1. The van der Waals surface area contributed by atoms with Gasteiger partial charge in [-0.05, 0) is 44.0 Å². The maximum atomic E-state index is 11.5. The van der Waals surface area contributed by atoms with Crippen molar-refractivity contribution in [3.05, 3.63) is 41.6 Å². The lowest BCUT2D eigenvalue weighted by Crippen LogP contribution is -2.36. The summed E-state index contributed by atoms with van der Waals surface area (Å²) in [5.74, 6) is -0.169. The molecule has 0 atom stereocenters. The van der Waals surface area contributed by atoms with E-state index in [-0.39, 0.29) is 11.9 Å². The fourth-order valence-corrected chi connectivity index (χ4v) is 3.06. The summed E-state index contributed by atoms with van der Waals surface area (Å²) in [5.41, 5.74) is 2.04. The monoisotopic (exact) mass is 370 g/mol. The van der Waals surface area contributed by atoms with E-state index in [1.807, 2.05) is 13.0 Å². The van der Waals surface area contributed by atoms with Gasteiger partial charge in [0.15, 0.2) is 0 Å². The summed E-state index contributed by atoms with van der Waals surface area (Å²) in [5, 5.41) is 12.3. The number of carboxylic acids is 1. The molecule has 3 rings (SSSR count). The lowest BCUT2D eigenvalue weighted by Gasteiger charge is -2.31. The first kappa shape index (κ1) is 18.6. The molecule has 1 fully saturated rings. The van der Waals surface area contributed by atoms with E-state index in [1.165, 1.54) is 7.11 Å². The summed E-state index contributed by atoms with van der Waals surface area (Å²) in [7, 11) is 1.34. The number of esters is 1. The van der Waals surface area contributed by atoms with Crippen molar-refractivity contribution in [1.29, 1.82) is 0 Å². The second kappa shape index (κ2) is 8.03. The van der Waals surface area contributed by atoms with Gasteiger partial charge in [-0.25, -0.2) is 9.78 Å². The number of carboxylic acid groups (broad SMARTS) is 1. The number of nitrogens with zero attached hydrogens (tertiary/aromatic N) is 3. The highest BCUT2D eigenvalue weighted by atomic mass is 16.5. The van der Waals surface area contributed by atoms with Gasteiger partial charge < -0.3 is 20.1 Å². The number of carbonyl (C=O) groups is 2. The van der Waals surface area contributed by atoms with Crippen LogP contribution in [0.4, 0.5) is 17.5 Å². The minimum absolute atomic E-state index is 0.282. The van der Waals surface area contributed by atoms with Crippen molar-refractivity contribution in [1.82, 2.24) is 9.97 Å². The number of aromatic nitrogens is 2. The van der Waals surface area contributed by atoms with Gasteiger partial charge in [-0.3, -0.25) is 4.79 Å². The van der Waals surface area contributed by atoms with E-state index in [1.54, 1.807) is 24.3 Å². The maximum absolute atomic E-state index is 11.5. The Balaban J connectivity index is 1.72. The van der Waals surface area contributed by atoms with Crippen molar-refractivity contribution in [2.45, 2.75) is 19.8 Å². The Morgan fingerprint density at radius 1 is 1.19 bits per heavy atom. The smallest absolute Gasteiger partial charge is 0.337 e. The molecule has 1 aliphatic heterocycles. The highest BCUT2D eigenvalue weighted by molar-refractivity contribution is 5.89. The number of rotatable bonds is 5. The largest absolute Gasteiger partial charge is 0.481 e. The van der Waals surface area contributed by atoms with Crippen LogP contribution in [-0.2, 0) is 9.53 Å². The van der Waals surface area contributed by atoms with Crippen molar-refractivity contribution in [2.75, 3.05) is 30.4 Å². The van der Waals surface area contributed by atoms with Gasteiger partial charge in [-0.15, -0.1) is 0 Å². The third kappa shape index (κ3) is 4.52. The summed E-state index contributed by atoms with van der Waals surface area (Å²) in [6.45, 7) is 3.20. The summed E-state index contributed by atoms with van der Waals surface area (Å²) in [6, 6.07) is 8.75. The number of methoxy groups -OCH3 is 1. The molecule has 1 saturated heterocycles. The van der Waals surface area contributed by atoms with Crippen LogP contribution < -0.4 is 10.2 Å². The lowest BCUT2D eigenvalue weighted by molar-refractivity contribution is -0.142. The minimum atomic E-state index is -0.730. The SMILES string of the molecule is COC(=O)c1ccc(Nc2nc(C)cc(N3CCC(C(=O)O)CC3)n2)cc1. The molecule has 8 nitrogen and oxygen atoms in total. The minimum Gasteiger partial charge on any atom is -0.481 e. The molecule has 0 aliphatic carbocycles. The van der Waals surface area contributed by atoms with E-state index in [9.17, 15) is 9.59 Å². The normalized spacial score (nSPS) is 14.7. The zero-order valence-electron chi connectivity index (χ0n) is 15.3. The molecule has 2 N–H and O–H groups in total. The number of ether oxygens (including phenoxy) is 1. The predicted octanol–water partition coefficient (Wildman–Crippen LogP) is 2.62. The summed E-state index contributed by atoms with van der Waals surface area (Å²) >= 11 is 0. The number of hydrogen-bond acceptors (Lipinski definition) is 7. The van der Waals surface area contributed by atoms with Crippen molar-refractivity contribution in [3.8, 4) is 0 Å². The van der Waals surface area contributed by atoms with E-state index >= 15 is 0 Å². The molecule has 8 heteroatoms. The zero-order chi connectivity index (χ0) is 19.4. The van der Waals surface area contributed by atoms with Gasteiger partial charge in [-0.2, -0.15) is 4.98 Å². The third-order valence-corrected chi connectivity index (χ3v) is 4.57. The highest BCUT2D eigenvalue weighted by Crippen LogP contribution is 2.24. The van der Waals surface area contributed by atoms with Crippen LogP contribution in [0.3, 0.4) is 0 Å². The molecule has 2 aromatic rings. The van der Waals surface area contributed by atoms with Crippen LogP contribution in [0.15, 0.2) is 30.3 Å². The Labute approximate surface area is 157 Å². The van der Waals surface area contributed by atoms with Gasteiger partial charge >= 0.3 is 11.9 Å². The van der Waals surface area contributed by atoms with E-state index in [2.05, 4.69) is 24.9 Å². The average Bonchev–Trinajstić information content (AvgIpc) is 2.67. The van der Waals surface area contributed by atoms with Crippen molar-refractivity contribution in [2.24, 2.45) is 5.92 Å². The Morgan fingerprint density at radius 2 is 1.85 bits per heavy atom. The van der Waals surface area contributed by atoms with Gasteiger partial charge in [0.2, 0.25) is 5.95 Å². The Morgan fingerprint density at radius 3 is 2.44 bits per heavy atom. The van der Waals surface area contributed by atoms with Gasteiger partial charge in [-0.1, -0.05) is 0 Å². The lowest BCUT2D eigenvalue weighted by atomic mass is 9.97. The highest BCUT2D eigenvalue weighted by Gasteiger charge is 2.25. The van der Waals surface area contributed by atoms with E-state index < -0.39 is 5.97 Å². The number of nitrogens with one attached hydrogen (secondary N) is 1. The van der Waals surface area contributed by atoms with Crippen LogP contribution in [0.25, 0.3) is 0 Å². The Kier molecular flexibility index (Phi) is 5.54. The molecular weight excluding hydrogens is 348 g/mol. The molecular formula is C19H22N4O4. The zero-order valence-corrected chi connectivity index (χ0v) is 15.3. The number of piperidine rings is 1. The second-order valence-corrected chi connectivity index (χ2v) is 6.48. The van der Waals surface area contributed by atoms with Crippen LogP contribution in [0, 0.1) is 12.8 Å². The molecule has 27 heavy (non-hydrogen) atoms. The molecule has 0 amide bonds. The Bertz CT molecular complexity index is 830. The van der Waals surface area contributed by atoms with Gasteiger partial charge in [0.05, 0.1) is 18.6 Å². The molecule has 0 radical (unpaired) electrons. The van der Waals surface area contributed by atoms with Gasteiger partial charge in [0, 0.05) is 30.5 Å². The predicted molar refractivity (Wildman–Crippen MR) is 100 cm³/mol. The number of anilines is 3. The number of carbonyl (C=O) groups excluding carboxylic acids is 1. The van der Waals surface area contributed by atoms with Gasteiger partial charge in [0.1, 0.15) is 5.82 Å². The van der Waals surface area contributed by atoms with Crippen LogP contribution in [0.5, 0.6) is 0 Å². The first-order valence-corrected chi connectivity index (χ1v) is 8.75. The molecule has 1 aliphatic rings. The fourth-order valence-electron chi connectivity index (χ4n) is 3.06. The first-order chi connectivity index (χ1) is 13.0. The molecule has 1 aromatic carbocycles. The van der Waals surface area contributed by atoms with E-state index in [0.717, 1.165) is 17.2 Å². The number of hydrogen-bond donors (Lipinski definition) is 2. The molecule has 2 heterocycles. The van der Waals surface area contributed by atoms with E-state index in [4.69, 9.17) is 5.11 Å². The number of aliphatic carboxylic acids is 1. The van der Waals surface area contributed by atoms with Crippen LogP contribution >= 0.6 is 0 Å². The van der Waals surface area contributed by atoms with E-state index in [0.29, 0.717) is 37.4 Å². The fraction of sp³-hybridized carbons (Fsp3) is 0.368. The van der Waals surface area contributed by atoms with Crippen molar-refractivity contribution in [3.63, 3.8) is 0 Å². The number of aryl methyl sites for hydroxylation is 1. The molecule has 0 unspecified atom stereocenters. The topological polar surface area (TPSA) is 105 Å². The van der Waals surface area contributed by atoms with Crippen LogP contribution in [-0.4, -0.2) is 47.2 Å². The van der Waals surface area contributed by atoms with Crippen LogP contribution in [0.2, 0.25) is 0 Å². The molecule has 1 aromatic heterocycles. The quantitative estimate of drug-likeness (QED) is 0.774. The van der Waals surface area contributed by atoms with Crippen molar-refractivity contribution >= 4 is 29.4 Å². The standard InChI is InChI=1S/C19H22N4O4/c1-12-11-16(23-9-7-13(8-10-23)17(24)25)22-19(20-12)21-15-5-3-14(4-6-15)18(26)27-2/h3-6,11,13H,7-10H2,1-2H3,(H,24,25)(H,20,21,22). The molecule has 0 spiro atoms. The van der Waals surface area contributed by atoms with Crippen LogP contribution in [0.1, 0.15) is 28.9 Å². The molecule has 0 saturated carbocycles.